The normalized spacial score (nSPS) is 15.8. The molecule has 1 heterocycles. The van der Waals surface area contributed by atoms with Crippen molar-refractivity contribution in [2.75, 3.05) is 5.32 Å². The standard InChI is InChI=1S/C11H14N4/c1-11(2,8-3-4-8)15-10-7-13-9(5-12)6-14-10/h6-8H,3-4H2,1-2H3,(H,14,15). The zero-order valence-electron chi connectivity index (χ0n) is 8.99. The molecule has 1 aliphatic carbocycles. The maximum Gasteiger partial charge on any atom is 0.158 e. The molecule has 0 bridgehead atoms. The summed E-state index contributed by atoms with van der Waals surface area (Å²) in [7, 11) is 0. The van der Waals surface area contributed by atoms with Crippen molar-refractivity contribution in [2.45, 2.75) is 32.2 Å². The number of nitrogens with one attached hydrogen (secondary N) is 1. The Hall–Kier alpha value is -1.63. The topological polar surface area (TPSA) is 61.6 Å². The number of nitriles is 1. The van der Waals surface area contributed by atoms with Gasteiger partial charge in [-0.15, -0.1) is 0 Å². The largest absolute Gasteiger partial charge is 0.364 e. The van der Waals surface area contributed by atoms with Crippen LogP contribution in [-0.2, 0) is 0 Å². The summed E-state index contributed by atoms with van der Waals surface area (Å²) in [5.74, 6) is 1.47. The van der Waals surface area contributed by atoms with Crippen LogP contribution >= 0.6 is 0 Å². The Kier molecular flexibility index (Phi) is 2.31. The molecule has 15 heavy (non-hydrogen) atoms. The van der Waals surface area contributed by atoms with E-state index in [1.54, 1.807) is 6.20 Å². The summed E-state index contributed by atoms with van der Waals surface area (Å²) >= 11 is 0. The molecule has 4 heteroatoms. The lowest BCUT2D eigenvalue weighted by molar-refractivity contribution is 0.492. The lowest BCUT2D eigenvalue weighted by Crippen LogP contribution is -2.33. The average molecular weight is 202 g/mol. The van der Waals surface area contributed by atoms with Crippen molar-refractivity contribution in [3.8, 4) is 6.07 Å². The van der Waals surface area contributed by atoms with Crippen molar-refractivity contribution >= 4 is 5.82 Å². The molecular weight excluding hydrogens is 188 g/mol. The second kappa shape index (κ2) is 3.50. The molecule has 1 saturated carbocycles. The van der Waals surface area contributed by atoms with Crippen LogP contribution in [0.2, 0.25) is 0 Å². The fourth-order valence-corrected chi connectivity index (χ4v) is 1.69. The Labute approximate surface area is 89.4 Å². The van der Waals surface area contributed by atoms with Crippen LogP contribution in [0.3, 0.4) is 0 Å². The van der Waals surface area contributed by atoms with Crippen molar-refractivity contribution in [3.05, 3.63) is 18.1 Å². The predicted molar refractivity (Wildman–Crippen MR) is 57.2 cm³/mol. The molecule has 78 valence electrons. The fourth-order valence-electron chi connectivity index (χ4n) is 1.69. The Balaban J connectivity index is 2.07. The van der Waals surface area contributed by atoms with E-state index in [2.05, 4.69) is 29.1 Å². The minimum Gasteiger partial charge on any atom is -0.364 e. The number of nitrogens with zero attached hydrogens (tertiary/aromatic N) is 3. The highest BCUT2D eigenvalue weighted by Gasteiger charge is 2.37. The van der Waals surface area contributed by atoms with Crippen molar-refractivity contribution in [1.29, 1.82) is 5.26 Å². The van der Waals surface area contributed by atoms with Crippen LogP contribution in [0.5, 0.6) is 0 Å². The summed E-state index contributed by atoms with van der Waals surface area (Å²) in [5.41, 5.74) is 0.424. The minimum absolute atomic E-state index is 0.0723. The monoisotopic (exact) mass is 202 g/mol. The van der Waals surface area contributed by atoms with Gasteiger partial charge in [0.25, 0.3) is 0 Å². The van der Waals surface area contributed by atoms with E-state index >= 15 is 0 Å². The molecule has 1 aromatic heterocycles. The molecule has 1 aliphatic rings. The van der Waals surface area contributed by atoms with E-state index in [1.807, 2.05) is 6.07 Å². The highest BCUT2D eigenvalue weighted by atomic mass is 15.1. The van der Waals surface area contributed by atoms with E-state index in [0.717, 1.165) is 11.7 Å². The molecule has 2 rings (SSSR count). The molecule has 0 aromatic carbocycles. The first-order chi connectivity index (χ1) is 7.12. The van der Waals surface area contributed by atoms with E-state index in [9.17, 15) is 0 Å². The second-order valence-corrected chi connectivity index (χ2v) is 4.52. The average Bonchev–Trinajstić information content (AvgIpc) is 3.01. The lowest BCUT2D eigenvalue weighted by atomic mass is 9.99. The second-order valence-electron chi connectivity index (χ2n) is 4.52. The first-order valence-electron chi connectivity index (χ1n) is 5.12. The maximum absolute atomic E-state index is 8.59. The zero-order valence-corrected chi connectivity index (χ0v) is 8.99. The molecular formula is C11H14N4. The molecule has 0 unspecified atom stereocenters. The van der Waals surface area contributed by atoms with Gasteiger partial charge in [-0.2, -0.15) is 5.26 Å². The van der Waals surface area contributed by atoms with Crippen LogP contribution in [-0.4, -0.2) is 15.5 Å². The van der Waals surface area contributed by atoms with Gasteiger partial charge >= 0.3 is 0 Å². The van der Waals surface area contributed by atoms with Crippen molar-refractivity contribution < 1.29 is 0 Å². The van der Waals surface area contributed by atoms with Crippen molar-refractivity contribution in [2.24, 2.45) is 5.92 Å². The maximum atomic E-state index is 8.59. The third kappa shape index (κ3) is 2.24. The third-order valence-electron chi connectivity index (χ3n) is 2.81. The highest BCUT2D eigenvalue weighted by Crippen LogP contribution is 2.40. The molecule has 1 N–H and O–H groups in total. The van der Waals surface area contributed by atoms with E-state index in [0.29, 0.717) is 5.69 Å². The summed E-state index contributed by atoms with van der Waals surface area (Å²) in [6, 6.07) is 1.95. The number of rotatable bonds is 3. The molecule has 1 fully saturated rings. The first kappa shape index (κ1) is 9.91. The van der Waals surface area contributed by atoms with E-state index in [4.69, 9.17) is 5.26 Å². The Bertz CT molecular complexity index is 384. The van der Waals surface area contributed by atoms with E-state index < -0.39 is 0 Å². The SMILES string of the molecule is CC(C)(Nc1cnc(C#N)cn1)C1CC1. The quantitative estimate of drug-likeness (QED) is 0.813. The number of aromatic nitrogens is 2. The number of hydrogen-bond acceptors (Lipinski definition) is 4. The van der Waals surface area contributed by atoms with Gasteiger partial charge in [-0.05, 0) is 32.6 Å². The van der Waals surface area contributed by atoms with E-state index in [1.165, 1.54) is 19.0 Å². The van der Waals surface area contributed by atoms with Crippen LogP contribution in [0.1, 0.15) is 32.4 Å². The van der Waals surface area contributed by atoms with Crippen LogP contribution < -0.4 is 5.32 Å². The fraction of sp³-hybridized carbons (Fsp3) is 0.545. The van der Waals surface area contributed by atoms with Gasteiger partial charge in [0, 0.05) is 5.54 Å². The predicted octanol–water partition coefficient (Wildman–Crippen LogP) is 1.95. The molecule has 0 amide bonds. The Morgan fingerprint density at radius 3 is 2.60 bits per heavy atom. The van der Waals surface area contributed by atoms with Gasteiger partial charge in [-0.1, -0.05) is 0 Å². The van der Waals surface area contributed by atoms with Gasteiger partial charge in [-0.25, -0.2) is 9.97 Å². The molecule has 0 atom stereocenters. The van der Waals surface area contributed by atoms with Gasteiger partial charge in [-0.3, -0.25) is 0 Å². The van der Waals surface area contributed by atoms with Crippen LogP contribution in [0, 0.1) is 17.2 Å². The number of anilines is 1. The summed E-state index contributed by atoms with van der Waals surface area (Å²) in [4.78, 5) is 8.12. The Morgan fingerprint density at radius 2 is 2.13 bits per heavy atom. The summed E-state index contributed by atoms with van der Waals surface area (Å²) in [6.45, 7) is 4.34. The van der Waals surface area contributed by atoms with Crippen LogP contribution in [0.15, 0.2) is 12.4 Å². The van der Waals surface area contributed by atoms with Gasteiger partial charge < -0.3 is 5.32 Å². The molecule has 0 radical (unpaired) electrons. The van der Waals surface area contributed by atoms with E-state index in [-0.39, 0.29) is 5.54 Å². The molecule has 0 aliphatic heterocycles. The van der Waals surface area contributed by atoms with Crippen LogP contribution in [0.4, 0.5) is 5.82 Å². The molecule has 0 spiro atoms. The van der Waals surface area contributed by atoms with Gasteiger partial charge in [0.15, 0.2) is 5.69 Å². The van der Waals surface area contributed by atoms with Gasteiger partial charge in [0.05, 0.1) is 12.4 Å². The highest BCUT2D eigenvalue weighted by molar-refractivity contribution is 5.36. The zero-order chi connectivity index (χ0) is 10.9. The lowest BCUT2D eigenvalue weighted by Gasteiger charge is -2.26. The van der Waals surface area contributed by atoms with Crippen molar-refractivity contribution in [3.63, 3.8) is 0 Å². The molecule has 1 aromatic rings. The van der Waals surface area contributed by atoms with Crippen molar-refractivity contribution in [1.82, 2.24) is 9.97 Å². The summed E-state index contributed by atoms with van der Waals surface area (Å²) in [5, 5.41) is 11.9. The minimum atomic E-state index is 0.0723. The summed E-state index contributed by atoms with van der Waals surface area (Å²) in [6.07, 6.45) is 5.67. The van der Waals surface area contributed by atoms with Crippen LogP contribution in [0.25, 0.3) is 0 Å². The third-order valence-corrected chi connectivity index (χ3v) is 2.81. The molecule has 4 nitrogen and oxygen atoms in total. The van der Waals surface area contributed by atoms with Gasteiger partial charge in [0.2, 0.25) is 0 Å². The smallest absolute Gasteiger partial charge is 0.158 e. The molecule has 0 saturated heterocycles. The van der Waals surface area contributed by atoms with Gasteiger partial charge in [0.1, 0.15) is 11.9 Å². The summed E-state index contributed by atoms with van der Waals surface area (Å²) < 4.78 is 0. The number of hydrogen-bond donors (Lipinski definition) is 1. The first-order valence-corrected chi connectivity index (χ1v) is 5.12. The Morgan fingerprint density at radius 1 is 1.40 bits per heavy atom.